The van der Waals surface area contributed by atoms with Crippen molar-refractivity contribution in [3.63, 3.8) is 0 Å². The van der Waals surface area contributed by atoms with Gasteiger partial charge in [0.15, 0.2) is 0 Å². The van der Waals surface area contributed by atoms with Crippen molar-refractivity contribution in [1.82, 2.24) is 10.2 Å². The van der Waals surface area contributed by atoms with E-state index in [1.165, 1.54) is 6.42 Å². The van der Waals surface area contributed by atoms with Crippen molar-refractivity contribution < 1.29 is 10.2 Å². The van der Waals surface area contributed by atoms with Crippen LogP contribution in [0.15, 0.2) is 0 Å². The number of nitrogens with zero attached hydrogens (tertiary/aromatic N) is 1. The van der Waals surface area contributed by atoms with Crippen molar-refractivity contribution in [3.8, 4) is 0 Å². The highest BCUT2D eigenvalue weighted by Gasteiger charge is 2.25. The van der Waals surface area contributed by atoms with Gasteiger partial charge in [-0.2, -0.15) is 0 Å². The molecule has 0 saturated carbocycles. The molecule has 4 nitrogen and oxygen atoms in total. The summed E-state index contributed by atoms with van der Waals surface area (Å²) in [5.41, 5.74) is 0. The first kappa shape index (κ1) is 14.9. The fourth-order valence-electron chi connectivity index (χ4n) is 2.71. The largest absolute Gasteiger partial charge is 0.396 e. The predicted molar refractivity (Wildman–Crippen MR) is 70.0 cm³/mol. The van der Waals surface area contributed by atoms with Crippen LogP contribution in [-0.2, 0) is 0 Å². The molecule has 2 unspecified atom stereocenters. The van der Waals surface area contributed by atoms with E-state index in [0.717, 1.165) is 45.4 Å². The molecule has 1 fully saturated rings. The highest BCUT2D eigenvalue weighted by atomic mass is 16.3. The van der Waals surface area contributed by atoms with Gasteiger partial charge in [0.05, 0.1) is 6.61 Å². The summed E-state index contributed by atoms with van der Waals surface area (Å²) >= 11 is 0. The van der Waals surface area contributed by atoms with E-state index >= 15 is 0 Å². The molecule has 0 aromatic carbocycles. The van der Waals surface area contributed by atoms with Gasteiger partial charge in [0.2, 0.25) is 0 Å². The topological polar surface area (TPSA) is 55.7 Å². The number of aliphatic hydroxyl groups excluding tert-OH is 2. The standard InChI is InChI=1S/C13H28N2O2/c1-2-5-14-13-9-12(4-3-7-16)10-15(11-13)6-8-17/h12-14,16-17H,2-11H2,1H3. The molecule has 4 heteroatoms. The van der Waals surface area contributed by atoms with E-state index < -0.39 is 0 Å². The number of rotatable bonds is 8. The molecular formula is C13H28N2O2. The van der Waals surface area contributed by atoms with Crippen LogP contribution in [0, 0.1) is 5.92 Å². The zero-order valence-electron chi connectivity index (χ0n) is 11.1. The molecule has 102 valence electrons. The summed E-state index contributed by atoms with van der Waals surface area (Å²) in [6.07, 6.45) is 4.38. The van der Waals surface area contributed by atoms with E-state index in [9.17, 15) is 0 Å². The van der Waals surface area contributed by atoms with Crippen molar-refractivity contribution in [1.29, 1.82) is 0 Å². The Morgan fingerprint density at radius 2 is 2.06 bits per heavy atom. The first-order valence-corrected chi connectivity index (χ1v) is 6.97. The third-order valence-corrected chi connectivity index (χ3v) is 3.48. The van der Waals surface area contributed by atoms with Crippen LogP contribution in [0.3, 0.4) is 0 Å². The zero-order chi connectivity index (χ0) is 12.5. The maximum atomic E-state index is 9.04. The van der Waals surface area contributed by atoms with Crippen LogP contribution in [0.5, 0.6) is 0 Å². The van der Waals surface area contributed by atoms with Gasteiger partial charge < -0.3 is 15.5 Å². The quantitative estimate of drug-likeness (QED) is 0.580. The lowest BCUT2D eigenvalue weighted by molar-refractivity contribution is 0.108. The summed E-state index contributed by atoms with van der Waals surface area (Å²) in [7, 11) is 0. The monoisotopic (exact) mass is 244 g/mol. The van der Waals surface area contributed by atoms with E-state index in [2.05, 4.69) is 17.1 Å². The van der Waals surface area contributed by atoms with Gasteiger partial charge in [-0.05, 0) is 38.1 Å². The first-order valence-electron chi connectivity index (χ1n) is 6.97. The number of aliphatic hydroxyl groups is 2. The fraction of sp³-hybridized carbons (Fsp3) is 1.00. The number of piperidine rings is 1. The highest BCUT2D eigenvalue weighted by molar-refractivity contribution is 4.83. The van der Waals surface area contributed by atoms with Crippen LogP contribution >= 0.6 is 0 Å². The van der Waals surface area contributed by atoms with E-state index in [-0.39, 0.29) is 6.61 Å². The minimum absolute atomic E-state index is 0.243. The lowest BCUT2D eigenvalue weighted by Gasteiger charge is -2.38. The molecule has 1 rings (SSSR count). The van der Waals surface area contributed by atoms with E-state index in [1.54, 1.807) is 0 Å². The molecule has 0 aliphatic carbocycles. The van der Waals surface area contributed by atoms with Crippen LogP contribution in [0.25, 0.3) is 0 Å². The molecule has 17 heavy (non-hydrogen) atoms. The Bertz CT molecular complexity index is 174. The van der Waals surface area contributed by atoms with Crippen molar-refractivity contribution in [2.75, 3.05) is 39.4 Å². The maximum absolute atomic E-state index is 9.04. The highest BCUT2D eigenvalue weighted by Crippen LogP contribution is 2.21. The minimum Gasteiger partial charge on any atom is -0.396 e. The molecule has 1 aliphatic rings. The Hall–Kier alpha value is -0.160. The summed E-state index contributed by atoms with van der Waals surface area (Å²) in [5, 5.41) is 21.5. The third kappa shape index (κ3) is 5.82. The third-order valence-electron chi connectivity index (χ3n) is 3.48. The van der Waals surface area contributed by atoms with Gasteiger partial charge in [0.1, 0.15) is 0 Å². The predicted octanol–water partition coefficient (Wildman–Crippen LogP) is 0.441. The van der Waals surface area contributed by atoms with Gasteiger partial charge in [0.25, 0.3) is 0 Å². The van der Waals surface area contributed by atoms with E-state index in [1.807, 2.05) is 0 Å². The smallest absolute Gasteiger partial charge is 0.0558 e. The van der Waals surface area contributed by atoms with Crippen molar-refractivity contribution in [2.24, 2.45) is 5.92 Å². The zero-order valence-corrected chi connectivity index (χ0v) is 11.1. The minimum atomic E-state index is 0.243. The molecule has 0 spiro atoms. The second-order valence-electron chi connectivity index (χ2n) is 5.10. The van der Waals surface area contributed by atoms with Crippen molar-refractivity contribution in [3.05, 3.63) is 0 Å². The van der Waals surface area contributed by atoms with Gasteiger partial charge in [0, 0.05) is 32.3 Å². The number of β-amino-alcohol motifs (C(OH)–C–C–N with tert-alkyl or cyclic N) is 1. The molecule has 1 heterocycles. The van der Waals surface area contributed by atoms with Gasteiger partial charge in [-0.25, -0.2) is 0 Å². The normalized spacial score (nSPS) is 26.3. The van der Waals surface area contributed by atoms with Crippen molar-refractivity contribution >= 4 is 0 Å². The fourth-order valence-corrected chi connectivity index (χ4v) is 2.71. The summed E-state index contributed by atoms with van der Waals surface area (Å²) < 4.78 is 0. The van der Waals surface area contributed by atoms with Crippen LogP contribution < -0.4 is 5.32 Å². The number of nitrogens with one attached hydrogen (secondary N) is 1. The Morgan fingerprint density at radius 3 is 2.71 bits per heavy atom. The molecule has 0 radical (unpaired) electrons. The van der Waals surface area contributed by atoms with Crippen LogP contribution in [-0.4, -0.2) is 60.5 Å². The Morgan fingerprint density at radius 1 is 1.24 bits per heavy atom. The Labute approximate surface area is 105 Å². The average molecular weight is 244 g/mol. The first-order chi connectivity index (χ1) is 8.30. The lowest BCUT2D eigenvalue weighted by Crippen LogP contribution is -2.50. The maximum Gasteiger partial charge on any atom is 0.0558 e. The van der Waals surface area contributed by atoms with Crippen LogP contribution in [0.1, 0.15) is 32.6 Å². The summed E-state index contributed by atoms with van der Waals surface area (Å²) in [6, 6.07) is 0.555. The van der Waals surface area contributed by atoms with E-state index in [4.69, 9.17) is 10.2 Å². The SMILES string of the molecule is CCCNC1CC(CCCO)CN(CCO)C1. The molecule has 0 aromatic rings. The van der Waals surface area contributed by atoms with E-state index in [0.29, 0.717) is 18.6 Å². The number of hydrogen-bond donors (Lipinski definition) is 3. The summed E-state index contributed by atoms with van der Waals surface area (Å²) in [6.45, 7) is 6.70. The summed E-state index contributed by atoms with van der Waals surface area (Å²) in [4.78, 5) is 2.35. The van der Waals surface area contributed by atoms with Crippen LogP contribution in [0.2, 0.25) is 0 Å². The molecular weight excluding hydrogens is 216 g/mol. The molecule has 2 atom stereocenters. The van der Waals surface area contributed by atoms with Gasteiger partial charge in [-0.3, -0.25) is 4.90 Å². The molecule has 1 saturated heterocycles. The molecule has 0 bridgehead atoms. The number of hydrogen-bond acceptors (Lipinski definition) is 4. The molecule has 0 aromatic heterocycles. The Kier molecular flexibility index (Phi) is 7.77. The Balaban J connectivity index is 2.37. The number of likely N-dealkylation sites (tertiary alicyclic amines) is 1. The van der Waals surface area contributed by atoms with Gasteiger partial charge in [-0.15, -0.1) is 0 Å². The second kappa shape index (κ2) is 8.86. The lowest BCUT2D eigenvalue weighted by atomic mass is 9.90. The average Bonchev–Trinajstić information content (AvgIpc) is 2.34. The molecule has 3 N–H and O–H groups in total. The molecule has 0 amide bonds. The van der Waals surface area contributed by atoms with Crippen molar-refractivity contribution in [2.45, 2.75) is 38.6 Å². The summed E-state index contributed by atoms with van der Waals surface area (Å²) in [5.74, 6) is 0.664. The van der Waals surface area contributed by atoms with Gasteiger partial charge >= 0.3 is 0 Å². The van der Waals surface area contributed by atoms with Crippen LogP contribution in [0.4, 0.5) is 0 Å². The molecule has 1 aliphatic heterocycles. The second-order valence-corrected chi connectivity index (χ2v) is 5.10. The van der Waals surface area contributed by atoms with Gasteiger partial charge in [-0.1, -0.05) is 6.92 Å².